The standard InChI is InChI=1S/C43H29N5/c1-4-10-30(11-5-1)32-16-22-36(23-17-32)41-46-42(37-24-18-33(19-25-37)31-12-6-2-7-13-31)48-43(47-41)38-26-20-35(21-27-38)40-29-44-28-39(45-40)34-14-8-3-9-15-34/h1-29H. The van der Waals surface area contributed by atoms with Gasteiger partial charge in [0.25, 0.3) is 0 Å². The van der Waals surface area contributed by atoms with Crippen LogP contribution < -0.4 is 0 Å². The minimum Gasteiger partial charge on any atom is -0.260 e. The second-order valence-corrected chi connectivity index (χ2v) is 11.4. The van der Waals surface area contributed by atoms with Crippen molar-refractivity contribution in [3.8, 4) is 78.9 Å². The predicted octanol–water partition coefficient (Wildman–Crippen LogP) is 10.3. The van der Waals surface area contributed by atoms with E-state index in [2.05, 4.69) is 102 Å². The highest BCUT2D eigenvalue weighted by molar-refractivity contribution is 5.73. The Labute approximate surface area is 279 Å². The number of benzene rings is 6. The molecular formula is C43H29N5. The molecule has 0 aliphatic rings. The molecular weight excluding hydrogens is 587 g/mol. The minimum absolute atomic E-state index is 0.602. The molecule has 0 fully saturated rings. The lowest BCUT2D eigenvalue weighted by Gasteiger charge is -2.10. The second kappa shape index (κ2) is 13.0. The molecule has 8 aromatic rings. The third-order valence-corrected chi connectivity index (χ3v) is 8.28. The molecule has 6 aromatic carbocycles. The van der Waals surface area contributed by atoms with Gasteiger partial charge in [-0.15, -0.1) is 0 Å². The van der Waals surface area contributed by atoms with Crippen molar-refractivity contribution in [1.29, 1.82) is 0 Å². The van der Waals surface area contributed by atoms with Gasteiger partial charge >= 0.3 is 0 Å². The molecule has 8 rings (SSSR count). The highest BCUT2D eigenvalue weighted by Crippen LogP contribution is 2.30. The molecule has 0 spiro atoms. The van der Waals surface area contributed by atoms with Crippen molar-refractivity contribution in [3.63, 3.8) is 0 Å². The average molecular weight is 616 g/mol. The van der Waals surface area contributed by atoms with Crippen molar-refractivity contribution in [2.45, 2.75) is 0 Å². The molecule has 0 unspecified atom stereocenters. The zero-order valence-corrected chi connectivity index (χ0v) is 26.0. The van der Waals surface area contributed by atoms with Crippen LogP contribution in [0.5, 0.6) is 0 Å². The van der Waals surface area contributed by atoms with Gasteiger partial charge in [-0.05, 0) is 22.3 Å². The van der Waals surface area contributed by atoms with Crippen molar-refractivity contribution < 1.29 is 0 Å². The molecule has 0 bridgehead atoms. The van der Waals surface area contributed by atoms with E-state index >= 15 is 0 Å². The minimum atomic E-state index is 0.602. The van der Waals surface area contributed by atoms with E-state index in [0.29, 0.717) is 17.5 Å². The van der Waals surface area contributed by atoms with Crippen molar-refractivity contribution in [2.24, 2.45) is 0 Å². The molecule has 0 N–H and O–H groups in total. The molecule has 2 heterocycles. The Morgan fingerprint density at radius 1 is 0.229 bits per heavy atom. The molecule has 5 heteroatoms. The van der Waals surface area contributed by atoms with Crippen LogP contribution in [-0.2, 0) is 0 Å². The van der Waals surface area contributed by atoms with Crippen LogP contribution in [0.25, 0.3) is 78.9 Å². The molecule has 0 amide bonds. The zero-order valence-electron chi connectivity index (χ0n) is 26.0. The Morgan fingerprint density at radius 3 is 0.875 bits per heavy atom. The van der Waals surface area contributed by atoms with Crippen LogP contribution in [0.4, 0.5) is 0 Å². The zero-order chi connectivity index (χ0) is 32.1. The van der Waals surface area contributed by atoms with Gasteiger partial charge in [-0.1, -0.05) is 164 Å². The maximum absolute atomic E-state index is 4.97. The molecule has 0 aliphatic carbocycles. The lowest BCUT2D eigenvalue weighted by atomic mass is 10.0. The summed E-state index contributed by atoms with van der Waals surface area (Å²) in [6.07, 6.45) is 3.58. The smallest absolute Gasteiger partial charge is 0.164 e. The Morgan fingerprint density at radius 2 is 0.500 bits per heavy atom. The van der Waals surface area contributed by atoms with E-state index in [4.69, 9.17) is 19.9 Å². The quantitative estimate of drug-likeness (QED) is 0.178. The maximum Gasteiger partial charge on any atom is 0.164 e. The Bertz CT molecular complexity index is 2190. The van der Waals surface area contributed by atoms with E-state index in [1.807, 2.05) is 66.7 Å². The third-order valence-electron chi connectivity index (χ3n) is 8.28. The summed E-state index contributed by atoms with van der Waals surface area (Å²) in [6, 6.07) is 55.7. The summed E-state index contributed by atoms with van der Waals surface area (Å²) < 4.78 is 0. The van der Waals surface area contributed by atoms with Gasteiger partial charge in [0.15, 0.2) is 17.5 Å². The van der Waals surface area contributed by atoms with Gasteiger partial charge in [0.2, 0.25) is 0 Å². The van der Waals surface area contributed by atoms with Gasteiger partial charge in [0.05, 0.1) is 23.8 Å². The fourth-order valence-corrected chi connectivity index (χ4v) is 5.69. The summed E-state index contributed by atoms with van der Waals surface area (Å²) >= 11 is 0. The summed E-state index contributed by atoms with van der Waals surface area (Å²) in [7, 11) is 0. The van der Waals surface area contributed by atoms with Crippen LogP contribution in [0.15, 0.2) is 176 Å². The Kier molecular flexibility index (Phi) is 7.83. The molecule has 0 atom stereocenters. The summed E-state index contributed by atoms with van der Waals surface area (Å²) in [5, 5.41) is 0. The maximum atomic E-state index is 4.97. The first-order chi connectivity index (χ1) is 23.8. The van der Waals surface area contributed by atoms with Crippen molar-refractivity contribution in [3.05, 3.63) is 176 Å². The van der Waals surface area contributed by atoms with Gasteiger partial charge < -0.3 is 0 Å². The van der Waals surface area contributed by atoms with Crippen LogP contribution in [0.1, 0.15) is 0 Å². The molecule has 48 heavy (non-hydrogen) atoms. The van der Waals surface area contributed by atoms with Crippen molar-refractivity contribution in [2.75, 3.05) is 0 Å². The number of nitrogens with zero attached hydrogens (tertiary/aromatic N) is 5. The largest absolute Gasteiger partial charge is 0.260 e. The fourth-order valence-electron chi connectivity index (χ4n) is 5.69. The van der Waals surface area contributed by atoms with E-state index in [1.54, 1.807) is 12.4 Å². The monoisotopic (exact) mass is 615 g/mol. The summed E-state index contributed by atoms with van der Waals surface area (Å²) in [4.78, 5) is 24.3. The normalized spacial score (nSPS) is 10.9. The van der Waals surface area contributed by atoms with Crippen LogP contribution in [0.2, 0.25) is 0 Å². The number of rotatable bonds is 7. The highest BCUT2D eigenvalue weighted by Gasteiger charge is 2.14. The number of hydrogen-bond acceptors (Lipinski definition) is 5. The average Bonchev–Trinajstić information content (AvgIpc) is 3.19. The van der Waals surface area contributed by atoms with Crippen molar-refractivity contribution in [1.82, 2.24) is 24.9 Å². The van der Waals surface area contributed by atoms with E-state index in [9.17, 15) is 0 Å². The van der Waals surface area contributed by atoms with E-state index < -0.39 is 0 Å². The third kappa shape index (κ3) is 6.13. The molecule has 0 saturated heterocycles. The first-order valence-electron chi connectivity index (χ1n) is 15.8. The topological polar surface area (TPSA) is 64.5 Å². The van der Waals surface area contributed by atoms with Gasteiger partial charge in [-0.3, -0.25) is 4.98 Å². The lowest BCUT2D eigenvalue weighted by molar-refractivity contribution is 1.07. The fraction of sp³-hybridized carbons (Fsp3) is 0. The SMILES string of the molecule is c1ccc(-c2ccc(-c3nc(-c4ccc(-c5ccccc5)cc4)nc(-c4ccc(-c5cncc(-c6ccccc6)n5)cc4)n3)cc2)cc1. The predicted molar refractivity (Wildman–Crippen MR) is 193 cm³/mol. The first-order valence-corrected chi connectivity index (χ1v) is 15.8. The van der Waals surface area contributed by atoms with Gasteiger partial charge in [0.1, 0.15) is 0 Å². The number of hydrogen-bond donors (Lipinski definition) is 0. The van der Waals surface area contributed by atoms with Gasteiger partial charge in [-0.2, -0.15) is 0 Å². The molecule has 226 valence electrons. The van der Waals surface area contributed by atoms with Gasteiger partial charge in [-0.25, -0.2) is 19.9 Å². The summed E-state index contributed by atoms with van der Waals surface area (Å²) in [5.41, 5.74) is 11.0. The van der Waals surface area contributed by atoms with Crippen molar-refractivity contribution >= 4 is 0 Å². The van der Waals surface area contributed by atoms with E-state index in [-0.39, 0.29) is 0 Å². The number of aromatic nitrogens is 5. The van der Waals surface area contributed by atoms with E-state index in [0.717, 1.165) is 50.3 Å². The van der Waals surface area contributed by atoms with Crippen LogP contribution in [0.3, 0.4) is 0 Å². The summed E-state index contributed by atoms with van der Waals surface area (Å²) in [5.74, 6) is 1.84. The van der Waals surface area contributed by atoms with Crippen LogP contribution in [0, 0.1) is 0 Å². The van der Waals surface area contributed by atoms with Gasteiger partial charge in [0, 0.05) is 27.8 Å². The van der Waals surface area contributed by atoms with Crippen LogP contribution in [-0.4, -0.2) is 24.9 Å². The highest BCUT2D eigenvalue weighted by atomic mass is 15.0. The van der Waals surface area contributed by atoms with E-state index in [1.165, 1.54) is 11.1 Å². The first kappa shape index (κ1) is 28.9. The van der Waals surface area contributed by atoms with Crippen LogP contribution >= 0.6 is 0 Å². The molecule has 0 saturated carbocycles. The molecule has 5 nitrogen and oxygen atoms in total. The molecule has 2 aromatic heterocycles. The molecule has 0 radical (unpaired) electrons. The Balaban J connectivity index is 1.16. The molecule has 0 aliphatic heterocycles. The summed E-state index contributed by atoms with van der Waals surface area (Å²) in [6.45, 7) is 0. The Hall–Kier alpha value is -6.59. The lowest BCUT2D eigenvalue weighted by Crippen LogP contribution is -2.00. The second-order valence-electron chi connectivity index (χ2n) is 11.4.